The SMILES string of the molecule is COC(=O)[C@@H]1N[C@H](c2ccc(C)cc2F)[C@@H]2C(=O)N(c3ccccc3)C(=O)[C@@H]21. The predicted molar refractivity (Wildman–Crippen MR) is 98.7 cm³/mol. The number of nitrogens with one attached hydrogen (secondary N) is 1. The van der Waals surface area contributed by atoms with E-state index in [1.54, 1.807) is 49.4 Å². The van der Waals surface area contributed by atoms with Gasteiger partial charge in [0.2, 0.25) is 11.8 Å². The molecule has 0 radical (unpaired) electrons. The summed E-state index contributed by atoms with van der Waals surface area (Å²) >= 11 is 0. The third-order valence-electron chi connectivity index (χ3n) is 5.44. The normalized spacial score (nSPS) is 26.5. The largest absolute Gasteiger partial charge is 0.468 e. The molecule has 2 aromatic rings. The lowest BCUT2D eigenvalue weighted by molar-refractivity contribution is -0.145. The highest BCUT2D eigenvalue weighted by Gasteiger charge is 2.61. The van der Waals surface area contributed by atoms with Gasteiger partial charge in [-0.3, -0.25) is 19.7 Å². The van der Waals surface area contributed by atoms with Gasteiger partial charge in [-0.1, -0.05) is 30.3 Å². The van der Waals surface area contributed by atoms with Crippen LogP contribution in [0, 0.1) is 24.6 Å². The van der Waals surface area contributed by atoms with E-state index in [2.05, 4.69) is 5.32 Å². The van der Waals surface area contributed by atoms with Crippen molar-refractivity contribution < 1.29 is 23.5 Å². The average molecular weight is 382 g/mol. The molecule has 2 heterocycles. The Morgan fingerprint density at radius 3 is 2.39 bits per heavy atom. The number of imide groups is 1. The number of fused-ring (bicyclic) bond motifs is 1. The van der Waals surface area contributed by atoms with Crippen molar-refractivity contribution in [1.82, 2.24) is 5.32 Å². The van der Waals surface area contributed by atoms with E-state index >= 15 is 0 Å². The summed E-state index contributed by atoms with van der Waals surface area (Å²) in [6.45, 7) is 1.76. The summed E-state index contributed by atoms with van der Waals surface area (Å²) in [4.78, 5) is 39.7. The lowest BCUT2D eigenvalue weighted by Crippen LogP contribution is -2.43. The number of benzene rings is 2. The van der Waals surface area contributed by atoms with Crippen molar-refractivity contribution in [1.29, 1.82) is 0 Å². The third kappa shape index (κ3) is 2.70. The highest BCUT2D eigenvalue weighted by Crippen LogP contribution is 2.46. The number of aryl methyl sites for hydroxylation is 1. The molecule has 1 N–H and O–H groups in total. The summed E-state index contributed by atoms with van der Waals surface area (Å²) in [5.74, 6) is -3.93. The summed E-state index contributed by atoms with van der Waals surface area (Å²) in [5, 5.41) is 2.97. The minimum Gasteiger partial charge on any atom is -0.468 e. The molecule has 2 aliphatic rings. The Kier molecular flexibility index (Phi) is 4.47. The zero-order valence-corrected chi connectivity index (χ0v) is 15.4. The van der Waals surface area contributed by atoms with Crippen LogP contribution in [0.5, 0.6) is 0 Å². The molecule has 2 aromatic carbocycles. The second-order valence-electron chi connectivity index (χ2n) is 7.07. The molecule has 28 heavy (non-hydrogen) atoms. The molecule has 0 unspecified atom stereocenters. The first-order valence-electron chi connectivity index (χ1n) is 8.97. The van der Waals surface area contributed by atoms with E-state index in [1.807, 2.05) is 0 Å². The maximum atomic E-state index is 14.6. The molecule has 0 spiro atoms. The van der Waals surface area contributed by atoms with Gasteiger partial charge in [0, 0.05) is 11.6 Å². The third-order valence-corrected chi connectivity index (χ3v) is 5.44. The minimum absolute atomic E-state index is 0.253. The molecule has 2 aliphatic heterocycles. The van der Waals surface area contributed by atoms with E-state index in [4.69, 9.17) is 4.74 Å². The average Bonchev–Trinajstić information content (AvgIpc) is 3.19. The van der Waals surface area contributed by atoms with E-state index in [-0.39, 0.29) is 5.56 Å². The number of amides is 2. The van der Waals surface area contributed by atoms with Crippen LogP contribution in [-0.4, -0.2) is 30.9 Å². The van der Waals surface area contributed by atoms with Gasteiger partial charge in [0.15, 0.2) is 0 Å². The van der Waals surface area contributed by atoms with Gasteiger partial charge in [-0.25, -0.2) is 9.29 Å². The lowest BCUT2D eigenvalue weighted by atomic mass is 9.86. The molecule has 0 aliphatic carbocycles. The van der Waals surface area contributed by atoms with Crippen molar-refractivity contribution in [2.45, 2.75) is 19.0 Å². The van der Waals surface area contributed by atoms with Crippen LogP contribution in [0.2, 0.25) is 0 Å². The molecule has 7 heteroatoms. The molecular formula is C21H19FN2O4. The summed E-state index contributed by atoms with van der Waals surface area (Å²) in [7, 11) is 1.22. The molecule has 2 amide bonds. The highest BCUT2D eigenvalue weighted by atomic mass is 19.1. The zero-order chi connectivity index (χ0) is 20.0. The number of carbonyl (C=O) groups is 3. The van der Waals surface area contributed by atoms with Crippen molar-refractivity contribution in [3.63, 3.8) is 0 Å². The summed E-state index contributed by atoms with van der Waals surface area (Å²) < 4.78 is 19.5. The van der Waals surface area contributed by atoms with Crippen molar-refractivity contribution in [2.75, 3.05) is 12.0 Å². The van der Waals surface area contributed by atoms with E-state index in [0.717, 1.165) is 10.5 Å². The first-order chi connectivity index (χ1) is 13.4. The molecule has 6 nitrogen and oxygen atoms in total. The monoisotopic (exact) mass is 382 g/mol. The van der Waals surface area contributed by atoms with Gasteiger partial charge in [0.25, 0.3) is 0 Å². The first-order valence-corrected chi connectivity index (χ1v) is 8.97. The Morgan fingerprint density at radius 2 is 1.75 bits per heavy atom. The number of methoxy groups -OCH3 is 1. The van der Waals surface area contributed by atoms with Gasteiger partial charge in [-0.15, -0.1) is 0 Å². The van der Waals surface area contributed by atoms with Crippen molar-refractivity contribution >= 4 is 23.5 Å². The van der Waals surface area contributed by atoms with Crippen LogP contribution < -0.4 is 10.2 Å². The number of ether oxygens (including phenoxy) is 1. The molecule has 144 valence electrons. The Balaban J connectivity index is 1.80. The van der Waals surface area contributed by atoms with Crippen LogP contribution in [0.15, 0.2) is 48.5 Å². The fourth-order valence-electron chi connectivity index (χ4n) is 4.16. The smallest absolute Gasteiger partial charge is 0.323 e. The van der Waals surface area contributed by atoms with Crippen LogP contribution in [0.3, 0.4) is 0 Å². The molecule has 2 fully saturated rings. The van der Waals surface area contributed by atoms with Crippen molar-refractivity contribution in [3.05, 3.63) is 65.5 Å². The quantitative estimate of drug-likeness (QED) is 0.650. The second-order valence-corrected chi connectivity index (χ2v) is 7.07. The Bertz CT molecular complexity index is 962. The molecule has 2 saturated heterocycles. The number of halogens is 1. The van der Waals surface area contributed by atoms with E-state index in [1.165, 1.54) is 13.2 Å². The fourth-order valence-corrected chi connectivity index (χ4v) is 4.16. The Hall–Kier alpha value is -3.06. The van der Waals surface area contributed by atoms with E-state index in [0.29, 0.717) is 5.69 Å². The molecule has 0 aromatic heterocycles. The summed E-state index contributed by atoms with van der Waals surface area (Å²) in [6, 6.07) is 11.4. The summed E-state index contributed by atoms with van der Waals surface area (Å²) in [5.41, 5.74) is 1.42. The lowest BCUT2D eigenvalue weighted by Gasteiger charge is -2.22. The maximum Gasteiger partial charge on any atom is 0.323 e. The molecule has 0 saturated carbocycles. The molecular weight excluding hydrogens is 363 g/mol. The Labute approximate surface area is 161 Å². The van der Waals surface area contributed by atoms with Crippen LogP contribution in [0.25, 0.3) is 0 Å². The minimum atomic E-state index is -1.02. The number of rotatable bonds is 3. The van der Waals surface area contributed by atoms with Gasteiger partial charge >= 0.3 is 5.97 Å². The van der Waals surface area contributed by atoms with E-state index < -0.39 is 47.5 Å². The van der Waals surface area contributed by atoms with Crippen LogP contribution in [0.1, 0.15) is 17.2 Å². The first kappa shape index (κ1) is 18.3. The number of para-hydroxylation sites is 1. The highest BCUT2D eigenvalue weighted by molar-refractivity contribution is 6.23. The Morgan fingerprint density at radius 1 is 1.07 bits per heavy atom. The number of anilines is 1. The molecule has 4 rings (SSSR count). The van der Waals surface area contributed by atoms with Gasteiger partial charge < -0.3 is 4.74 Å². The zero-order valence-electron chi connectivity index (χ0n) is 15.4. The standard InChI is InChI=1S/C21H19FN2O4/c1-11-8-9-13(14(22)10-11)17-15-16(18(23-17)21(27)28-2)20(26)24(19(15)25)12-6-4-3-5-7-12/h3-10,15-18,23H,1-2H3/t15-,16+,17-,18-/m1/s1. The van der Waals surface area contributed by atoms with Crippen LogP contribution in [-0.2, 0) is 19.1 Å². The molecule has 0 bridgehead atoms. The number of nitrogens with zero attached hydrogens (tertiary/aromatic N) is 1. The second kappa shape index (κ2) is 6.83. The van der Waals surface area contributed by atoms with Crippen molar-refractivity contribution in [2.24, 2.45) is 11.8 Å². The molecule has 4 atom stereocenters. The van der Waals surface area contributed by atoms with Crippen LogP contribution >= 0.6 is 0 Å². The van der Waals surface area contributed by atoms with Crippen molar-refractivity contribution in [3.8, 4) is 0 Å². The number of hydrogen-bond donors (Lipinski definition) is 1. The summed E-state index contributed by atoms with van der Waals surface area (Å²) in [6.07, 6.45) is 0. The number of carbonyl (C=O) groups excluding carboxylic acids is 3. The topological polar surface area (TPSA) is 75.7 Å². The van der Waals surface area contributed by atoms with Crippen LogP contribution in [0.4, 0.5) is 10.1 Å². The van der Waals surface area contributed by atoms with E-state index in [9.17, 15) is 18.8 Å². The maximum absolute atomic E-state index is 14.6. The van der Waals surface area contributed by atoms with Gasteiger partial charge in [-0.05, 0) is 30.7 Å². The number of hydrogen-bond acceptors (Lipinski definition) is 5. The number of esters is 1. The predicted octanol–water partition coefficient (Wildman–Crippen LogP) is 2.13. The fraction of sp³-hybridized carbons (Fsp3) is 0.286. The van der Waals surface area contributed by atoms with Gasteiger partial charge in [-0.2, -0.15) is 0 Å². The van der Waals surface area contributed by atoms with Gasteiger partial charge in [0.1, 0.15) is 11.9 Å². The van der Waals surface area contributed by atoms with Gasteiger partial charge in [0.05, 0.1) is 24.6 Å².